The Bertz CT molecular complexity index is 509. The van der Waals surface area contributed by atoms with Crippen molar-refractivity contribution in [2.75, 3.05) is 0 Å². The second-order valence-electron chi connectivity index (χ2n) is 5.56. The van der Waals surface area contributed by atoms with Crippen LogP contribution in [0.1, 0.15) is 32.4 Å². The number of rotatable bonds is 2. The van der Waals surface area contributed by atoms with Crippen molar-refractivity contribution in [2.24, 2.45) is 5.11 Å². The van der Waals surface area contributed by atoms with Gasteiger partial charge < -0.3 is 9.47 Å². The van der Waals surface area contributed by atoms with Gasteiger partial charge in [0.25, 0.3) is 0 Å². The summed E-state index contributed by atoms with van der Waals surface area (Å²) in [6.07, 6.45) is 2.86. The van der Waals surface area contributed by atoms with E-state index in [0.29, 0.717) is 12.8 Å². The summed E-state index contributed by atoms with van der Waals surface area (Å²) in [6, 6.07) is 5.64. The van der Waals surface area contributed by atoms with Crippen molar-refractivity contribution in [3.63, 3.8) is 0 Å². The van der Waals surface area contributed by atoms with Gasteiger partial charge in [-0.1, -0.05) is 11.2 Å². The first-order valence-electron chi connectivity index (χ1n) is 6.38. The molecular weight excluding hydrogens is 244 g/mol. The van der Waals surface area contributed by atoms with Crippen LogP contribution in [0.15, 0.2) is 29.5 Å². The highest BCUT2D eigenvalue weighted by atomic mass is 16.8. The van der Waals surface area contributed by atoms with Crippen molar-refractivity contribution in [3.05, 3.63) is 40.5 Å². The number of nitrogens with zero attached hydrogens (tertiary/aromatic N) is 4. The number of fused-ring (bicyclic) bond motifs is 1. The molecule has 0 bridgehead atoms. The monoisotopic (exact) mass is 260 g/mol. The zero-order valence-electron chi connectivity index (χ0n) is 11.0. The minimum Gasteiger partial charge on any atom is -0.345 e. The molecule has 1 aromatic rings. The number of aromatic nitrogens is 1. The van der Waals surface area contributed by atoms with E-state index < -0.39 is 11.3 Å². The van der Waals surface area contributed by atoms with Gasteiger partial charge in [-0.05, 0) is 44.4 Å². The molecule has 3 atom stereocenters. The fourth-order valence-electron chi connectivity index (χ4n) is 3.07. The van der Waals surface area contributed by atoms with Gasteiger partial charge in [0.05, 0.1) is 23.4 Å². The third-order valence-corrected chi connectivity index (χ3v) is 3.74. The van der Waals surface area contributed by atoms with Gasteiger partial charge >= 0.3 is 0 Å². The number of pyridine rings is 1. The van der Waals surface area contributed by atoms with Gasteiger partial charge in [0, 0.05) is 11.1 Å². The van der Waals surface area contributed by atoms with Crippen LogP contribution in [0.2, 0.25) is 0 Å². The van der Waals surface area contributed by atoms with E-state index in [1.807, 2.05) is 32.0 Å². The molecule has 2 aliphatic rings. The molecule has 1 unspecified atom stereocenters. The van der Waals surface area contributed by atoms with Gasteiger partial charge in [-0.3, -0.25) is 4.98 Å². The fourth-order valence-corrected chi connectivity index (χ4v) is 3.07. The van der Waals surface area contributed by atoms with Gasteiger partial charge in [-0.2, -0.15) is 0 Å². The molecule has 6 nitrogen and oxygen atoms in total. The Kier molecular flexibility index (Phi) is 2.74. The van der Waals surface area contributed by atoms with Gasteiger partial charge in [0.15, 0.2) is 5.79 Å². The lowest BCUT2D eigenvalue weighted by atomic mass is 9.93. The smallest absolute Gasteiger partial charge is 0.163 e. The van der Waals surface area contributed by atoms with E-state index in [-0.39, 0.29) is 12.2 Å². The third-order valence-electron chi connectivity index (χ3n) is 3.74. The fraction of sp³-hybridized carbons (Fsp3) is 0.615. The molecule has 2 fully saturated rings. The van der Waals surface area contributed by atoms with Crippen molar-refractivity contribution in [1.82, 2.24) is 4.98 Å². The van der Waals surface area contributed by atoms with E-state index in [1.165, 1.54) is 0 Å². The van der Waals surface area contributed by atoms with Crippen molar-refractivity contribution < 1.29 is 9.47 Å². The molecule has 3 rings (SSSR count). The summed E-state index contributed by atoms with van der Waals surface area (Å²) in [4.78, 5) is 7.34. The molecule has 0 aromatic carbocycles. The van der Waals surface area contributed by atoms with E-state index >= 15 is 0 Å². The predicted molar refractivity (Wildman–Crippen MR) is 68.1 cm³/mol. The first-order chi connectivity index (χ1) is 9.05. The maximum Gasteiger partial charge on any atom is 0.163 e. The van der Waals surface area contributed by atoms with Gasteiger partial charge in [0.1, 0.15) is 0 Å². The summed E-state index contributed by atoms with van der Waals surface area (Å²) < 4.78 is 11.7. The third kappa shape index (κ3) is 2.08. The van der Waals surface area contributed by atoms with Gasteiger partial charge in [-0.15, -0.1) is 0 Å². The largest absolute Gasteiger partial charge is 0.345 e. The molecule has 0 radical (unpaired) electrons. The second-order valence-corrected chi connectivity index (χ2v) is 5.56. The Morgan fingerprint density at radius 3 is 2.53 bits per heavy atom. The van der Waals surface area contributed by atoms with Crippen LogP contribution in [0.5, 0.6) is 0 Å². The summed E-state index contributed by atoms with van der Waals surface area (Å²) in [5, 5.41) is 4.01. The molecule has 1 aromatic heterocycles. The molecule has 1 saturated carbocycles. The van der Waals surface area contributed by atoms with Crippen LogP contribution >= 0.6 is 0 Å². The Balaban J connectivity index is 1.93. The molecule has 1 aliphatic carbocycles. The quantitative estimate of drug-likeness (QED) is 0.466. The van der Waals surface area contributed by atoms with Crippen LogP contribution in [0.4, 0.5) is 0 Å². The number of hydrogen-bond donors (Lipinski definition) is 0. The predicted octanol–water partition coefficient (Wildman–Crippen LogP) is 2.90. The Hall–Kier alpha value is -1.62. The lowest BCUT2D eigenvalue weighted by Gasteiger charge is -2.26. The average molecular weight is 260 g/mol. The lowest BCUT2D eigenvalue weighted by molar-refractivity contribution is -0.155. The van der Waals surface area contributed by atoms with Crippen LogP contribution in [0.25, 0.3) is 10.4 Å². The van der Waals surface area contributed by atoms with Crippen LogP contribution in [-0.4, -0.2) is 23.0 Å². The summed E-state index contributed by atoms with van der Waals surface area (Å²) in [7, 11) is 0. The number of azide groups is 1. The van der Waals surface area contributed by atoms with Gasteiger partial charge in [-0.25, -0.2) is 0 Å². The van der Waals surface area contributed by atoms with E-state index in [9.17, 15) is 0 Å². The van der Waals surface area contributed by atoms with Crippen molar-refractivity contribution >= 4 is 0 Å². The summed E-state index contributed by atoms with van der Waals surface area (Å²) in [6.45, 7) is 3.81. The minimum atomic E-state index is -0.651. The molecule has 1 aliphatic heterocycles. The molecule has 100 valence electrons. The SMILES string of the molecule is CC1(C)O[C@H]2CC(N=[N+]=[N-])(c3ccccn3)C[C@H]2O1. The van der Waals surface area contributed by atoms with E-state index in [1.54, 1.807) is 6.20 Å². The number of ether oxygens (including phenoxy) is 2. The van der Waals surface area contributed by atoms with Crippen LogP contribution < -0.4 is 0 Å². The molecule has 1 saturated heterocycles. The molecule has 19 heavy (non-hydrogen) atoms. The summed E-state index contributed by atoms with van der Waals surface area (Å²) >= 11 is 0. The van der Waals surface area contributed by atoms with Crippen LogP contribution in [0.3, 0.4) is 0 Å². The van der Waals surface area contributed by atoms with E-state index in [2.05, 4.69) is 15.0 Å². The topological polar surface area (TPSA) is 80.1 Å². The normalized spacial score (nSPS) is 35.7. The van der Waals surface area contributed by atoms with Crippen molar-refractivity contribution in [2.45, 2.75) is 50.2 Å². The lowest BCUT2D eigenvalue weighted by Crippen LogP contribution is -2.28. The summed E-state index contributed by atoms with van der Waals surface area (Å²) in [5.41, 5.74) is 9.00. The summed E-state index contributed by atoms with van der Waals surface area (Å²) in [5.74, 6) is -0.554. The molecule has 0 amide bonds. The van der Waals surface area contributed by atoms with Crippen molar-refractivity contribution in [1.29, 1.82) is 0 Å². The molecule has 0 spiro atoms. The maximum absolute atomic E-state index is 8.87. The standard InChI is InChI=1S/C13H16N4O2/c1-12(2)18-9-7-13(16-17-14,8-10(9)19-12)11-5-3-4-6-15-11/h3-6,9-10H,7-8H2,1-2H3/t9-,10+,13?. The second kappa shape index (κ2) is 4.20. The van der Waals surface area contributed by atoms with E-state index in [0.717, 1.165) is 5.69 Å². The highest BCUT2D eigenvalue weighted by Crippen LogP contribution is 2.49. The van der Waals surface area contributed by atoms with Crippen molar-refractivity contribution in [3.8, 4) is 0 Å². The van der Waals surface area contributed by atoms with Crippen LogP contribution in [-0.2, 0) is 15.0 Å². The zero-order chi connectivity index (χ0) is 13.5. The zero-order valence-corrected chi connectivity index (χ0v) is 11.0. The molecule has 0 N–H and O–H groups in total. The Labute approximate surface area is 111 Å². The molecule has 6 heteroatoms. The first kappa shape index (κ1) is 12.4. The average Bonchev–Trinajstić information content (AvgIpc) is 2.81. The molecular formula is C13H16N4O2. The minimum absolute atomic E-state index is 0.0393. The molecule has 2 heterocycles. The van der Waals surface area contributed by atoms with Crippen LogP contribution in [0, 0.1) is 0 Å². The Morgan fingerprint density at radius 2 is 2.00 bits per heavy atom. The first-order valence-corrected chi connectivity index (χ1v) is 6.38. The Morgan fingerprint density at radius 1 is 1.32 bits per heavy atom. The maximum atomic E-state index is 8.87. The van der Waals surface area contributed by atoms with Gasteiger partial charge in [0.2, 0.25) is 0 Å². The number of hydrogen-bond acceptors (Lipinski definition) is 4. The highest BCUT2D eigenvalue weighted by molar-refractivity contribution is 5.21. The van der Waals surface area contributed by atoms with E-state index in [4.69, 9.17) is 15.0 Å². The highest BCUT2D eigenvalue weighted by Gasteiger charge is 2.54.